The lowest BCUT2D eigenvalue weighted by atomic mass is 9.78. The molecule has 2 aromatic heterocycles. The summed E-state index contributed by atoms with van der Waals surface area (Å²) < 4.78 is 4.62. The van der Waals surface area contributed by atoms with Crippen LogP contribution in [0.2, 0.25) is 0 Å². The van der Waals surface area contributed by atoms with Gasteiger partial charge in [-0.3, -0.25) is 9.13 Å². The van der Waals surface area contributed by atoms with Crippen LogP contribution in [0.5, 0.6) is 5.75 Å². The van der Waals surface area contributed by atoms with E-state index >= 15 is 0 Å². The minimum absolute atomic E-state index is 0.0962. The smallest absolute Gasteiger partial charge is 0.149 e. The van der Waals surface area contributed by atoms with Crippen molar-refractivity contribution in [2.45, 2.75) is 144 Å². The Morgan fingerprint density at radius 2 is 1.00 bits per heavy atom. The molecular formula is C73H77N5O. The van der Waals surface area contributed by atoms with Crippen LogP contribution in [0, 0.1) is 11.3 Å². The third kappa shape index (κ3) is 9.99. The van der Waals surface area contributed by atoms with Crippen LogP contribution in [0.3, 0.4) is 0 Å². The van der Waals surface area contributed by atoms with Gasteiger partial charge in [-0.25, -0.2) is 9.97 Å². The van der Waals surface area contributed by atoms with Gasteiger partial charge in [-0.1, -0.05) is 208 Å². The zero-order valence-electron chi connectivity index (χ0n) is 49.3. The number of aromatic hydroxyl groups is 1. The van der Waals surface area contributed by atoms with Crippen molar-refractivity contribution in [1.29, 1.82) is 5.26 Å². The van der Waals surface area contributed by atoms with Gasteiger partial charge in [-0.15, -0.1) is 0 Å². The normalized spacial score (nSPS) is 12.6. The number of phenolic OH excluding ortho intramolecular Hbond substituents is 1. The van der Waals surface area contributed by atoms with Gasteiger partial charge in [0.15, 0.2) is 0 Å². The number of rotatable bonds is 9. The molecule has 0 aliphatic carbocycles. The van der Waals surface area contributed by atoms with Crippen molar-refractivity contribution < 1.29 is 5.11 Å². The fourth-order valence-corrected chi connectivity index (χ4v) is 11.3. The van der Waals surface area contributed by atoms with Crippen LogP contribution in [0.1, 0.15) is 162 Å². The Labute approximate surface area is 469 Å². The third-order valence-corrected chi connectivity index (χ3v) is 15.8. The summed E-state index contributed by atoms with van der Waals surface area (Å²) in [6.45, 7) is 35.6. The van der Waals surface area contributed by atoms with Crippen LogP contribution < -0.4 is 0 Å². The van der Waals surface area contributed by atoms with E-state index in [2.05, 4.69) is 278 Å². The van der Waals surface area contributed by atoms with E-state index < -0.39 is 5.41 Å². The lowest BCUT2D eigenvalue weighted by molar-refractivity contribution is 0.446. The van der Waals surface area contributed by atoms with Crippen molar-refractivity contribution in [1.82, 2.24) is 19.1 Å². The van der Waals surface area contributed by atoms with Gasteiger partial charge in [0.05, 0.1) is 44.6 Å². The molecule has 0 radical (unpaired) electrons. The molecule has 10 rings (SSSR count). The van der Waals surface area contributed by atoms with Gasteiger partial charge in [0.25, 0.3) is 0 Å². The average molecular weight is 1040 g/mol. The summed E-state index contributed by atoms with van der Waals surface area (Å²) in [5, 5.41) is 24.4. The molecule has 0 amide bonds. The highest BCUT2D eigenvalue weighted by molar-refractivity contribution is 5.98. The third-order valence-electron chi connectivity index (χ3n) is 15.8. The second-order valence-corrected chi connectivity index (χ2v) is 26.5. The van der Waals surface area contributed by atoms with Crippen LogP contribution >= 0.6 is 0 Å². The molecular weight excluding hydrogens is 963 g/mol. The fourth-order valence-electron chi connectivity index (χ4n) is 11.3. The number of para-hydroxylation sites is 3. The number of hydrogen-bond acceptors (Lipinski definition) is 4. The number of benzene rings is 8. The molecule has 10 aromatic rings. The van der Waals surface area contributed by atoms with Gasteiger partial charge in [0, 0.05) is 22.3 Å². The molecule has 400 valence electrons. The second kappa shape index (κ2) is 20.0. The highest BCUT2D eigenvalue weighted by Crippen LogP contribution is 2.48. The number of aromatic nitrogens is 4. The van der Waals surface area contributed by atoms with Crippen molar-refractivity contribution in [3.8, 4) is 79.3 Å². The first-order chi connectivity index (χ1) is 37.3. The van der Waals surface area contributed by atoms with E-state index in [1.165, 1.54) is 27.8 Å². The zero-order chi connectivity index (χ0) is 56.7. The molecule has 0 unspecified atom stereocenters. The molecule has 0 aliphatic rings. The van der Waals surface area contributed by atoms with Crippen molar-refractivity contribution in [3.05, 3.63) is 197 Å². The summed E-state index contributed by atoms with van der Waals surface area (Å²) in [5.41, 5.74) is 19.3. The van der Waals surface area contributed by atoms with Crippen LogP contribution in [0.25, 0.3) is 89.6 Å². The highest BCUT2D eigenvalue weighted by atomic mass is 16.3. The zero-order valence-corrected chi connectivity index (χ0v) is 49.3. The van der Waals surface area contributed by atoms with Crippen molar-refractivity contribution in [2.24, 2.45) is 0 Å². The Kier molecular flexibility index (Phi) is 13.8. The van der Waals surface area contributed by atoms with E-state index in [0.717, 1.165) is 77.9 Å². The quantitative estimate of drug-likeness (QED) is 0.156. The largest absolute Gasteiger partial charge is 0.507 e. The van der Waals surface area contributed by atoms with E-state index in [9.17, 15) is 10.4 Å². The van der Waals surface area contributed by atoms with E-state index in [0.29, 0.717) is 22.8 Å². The van der Waals surface area contributed by atoms with Crippen LogP contribution in [-0.2, 0) is 21.7 Å². The molecule has 0 bridgehead atoms. The van der Waals surface area contributed by atoms with Gasteiger partial charge >= 0.3 is 0 Å². The topological polar surface area (TPSA) is 79.7 Å². The Balaban J connectivity index is 1.34. The molecule has 2 heterocycles. The number of phenols is 1. The molecule has 6 heteroatoms. The standard InChI is InChI=1S/C73H77N5O/c1-44(2)53-36-48(46-26-19-17-20-27-46)37-54(45(3)4)66(53)78-64-33-25-30-52(65(64)76-69(78)57-41-51(71(8,9)10)42-60(67(57)79)73(14,15)16)49-38-56(58(43-74)59(39-49)72(11,12)13)68-75-61-31-23-24-32-63(61)77(68)62-35-34-50(70(5,6)7)40-55(62)47-28-21-18-22-29-47/h17-42,44-45,79H,1-16H3. The summed E-state index contributed by atoms with van der Waals surface area (Å²) >= 11 is 0. The van der Waals surface area contributed by atoms with Gasteiger partial charge < -0.3 is 5.11 Å². The van der Waals surface area contributed by atoms with E-state index in [4.69, 9.17) is 9.97 Å². The molecule has 79 heavy (non-hydrogen) atoms. The predicted molar refractivity (Wildman–Crippen MR) is 332 cm³/mol. The molecule has 0 saturated heterocycles. The number of imidazole rings is 2. The van der Waals surface area contributed by atoms with Crippen LogP contribution in [0.15, 0.2) is 158 Å². The maximum Gasteiger partial charge on any atom is 0.149 e. The summed E-state index contributed by atoms with van der Waals surface area (Å²) in [5.74, 6) is 1.85. The number of hydrogen-bond donors (Lipinski definition) is 1. The molecule has 0 aliphatic heterocycles. The SMILES string of the molecule is CC(C)c1cc(-c2ccccc2)cc(C(C)C)c1-n1c(-c2cc(C(C)(C)C)cc(C(C)(C)C)c2O)nc2c(-c3cc(-c4nc5ccccc5n4-c4ccc(C(C)(C)C)cc4-c4ccccc4)c(C#N)c(C(C)(C)C)c3)cccc21. The molecule has 0 saturated carbocycles. The van der Waals surface area contributed by atoms with Crippen molar-refractivity contribution in [3.63, 3.8) is 0 Å². The molecule has 6 nitrogen and oxygen atoms in total. The first-order valence-electron chi connectivity index (χ1n) is 28.2. The molecule has 0 atom stereocenters. The molecule has 0 spiro atoms. The van der Waals surface area contributed by atoms with Gasteiger partial charge in [0.2, 0.25) is 0 Å². The molecule has 0 fully saturated rings. The van der Waals surface area contributed by atoms with Crippen LogP contribution in [0.4, 0.5) is 0 Å². The highest BCUT2D eigenvalue weighted by Gasteiger charge is 2.33. The minimum Gasteiger partial charge on any atom is -0.507 e. The van der Waals surface area contributed by atoms with Crippen LogP contribution in [-0.4, -0.2) is 24.2 Å². The van der Waals surface area contributed by atoms with Gasteiger partial charge in [-0.05, 0) is 144 Å². The van der Waals surface area contributed by atoms with Crippen molar-refractivity contribution in [2.75, 3.05) is 0 Å². The average Bonchev–Trinajstić information content (AvgIpc) is 4.12. The number of nitrogens with zero attached hydrogens (tertiary/aromatic N) is 5. The fraction of sp³-hybridized carbons (Fsp3) is 0.301. The van der Waals surface area contributed by atoms with Gasteiger partial charge in [-0.2, -0.15) is 5.26 Å². The summed E-state index contributed by atoms with van der Waals surface area (Å²) in [6.07, 6.45) is 0. The van der Waals surface area contributed by atoms with Crippen molar-refractivity contribution >= 4 is 22.1 Å². The Morgan fingerprint density at radius 3 is 1.58 bits per heavy atom. The lowest BCUT2D eigenvalue weighted by Gasteiger charge is -2.28. The number of nitriles is 1. The monoisotopic (exact) mass is 1040 g/mol. The van der Waals surface area contributed by atoms with E-state index in [1.807, 2.05) is 6.07 Å². The molecule has 1 N–H and O–H groups in total. The Morgan fingerprint density at radius 1 is 0.443 bits per heavy atom. The Hall–Kier alpha value is -8.01. The first kappa shape index (κ1) is 54.3. The lowest BCUT2D eigenvalue weighted by Crippen LogP contribution is -2.17. The Bertz CT molecular complexity index is 3970. The van der Waals surface area contributed by atoms with Gasteiger partial charge in [0.1, 0.15) is 23.5 Å². The predicted octanol–water partition coefficient (Wildman–Crippen LogP) is 19.7. The van der Waals surface area contributed by atoms with E-state index in [1.54, 1.807) is 0 Å². The summed E-state index contributed by atoms with van der Waals surface area (Å²) in [7, 11) is 0. The summed E-state index contributed by atoms with van der Waals surface area (Å²) in [4.78, 5) is 11.4. The maximum atomic E-state index is 12.9. The molecule has 8 aromatic carbocycles. The maximum absolute atomic E-state index is 12.9. The second-order valence-electron chi connectivity index (χ2n) is 26.5. The first-order valence-corrected chi connectivity index (χ1v) is 28.2. The number of fused-ring (bicyclic) bond motifs is 2. The minimum atomic E-state index is -0.448. The summed E-state index contributed by atoms with van der Waals surface area (Å²) in [6, 6.07) is 59.0. The van der Waals surface area contributed by atoms with E-state index in [-0.39, 0.29) is 33.8 Å².